The number of rotatable bonds is 5. The number of aromatic nitrogens is 2. The van der Waals surface area contributed by atoms with E-state index in [9.17, 15) is 9.59 Å². The van der Waals surface area contributed by atoms with Crippen LogP contribution in [0.2, 0.25) is 0 Å². The van der Waals surface area contributed by atoms with Gasteiger partial charge in [-0.25, -0.2) is 4.79 Å². The molecule has 7 heteroatoms. The lowest BCUT2D eigenvalue weighted by atomic mass is 9.98. The largest absolute Gasteiger partial charge is 0.481 e. The van der Waals surface area contributed by atoms with Crippen molar-refractivity contribution in [3.05, 3.63) is 42.2 Å². The molecule has 0 aliphatic carbocycles. The number of H-pyrrole nitrogens is 1. The van der Waals surface area contributed by atoms with Crippen LogP contribution in [0.15, 0.2) is 36.7 Å². The second kappa shape index (κ2) is 6.56. The van der Waals surface area contributed by atoms with E-state index < -0.39 is 5.97 Å². The van der Waals surface area contributed by atoms with Gasteiger partial charge in [0.25, 0.3) is 0 Å². The Kier molecular flexibility index (Phi) is 4.55. The zero-order valence-corrected chi connectivity index (χ0v) is 11.5. The lowest BCUT2D eigenvalue weighted by Crippen LogP contribution is -2.19. The van der Waals surface area contributed by atoms with Gasteiger partial charge < -0.3 is 15.7 Å². The van der Waals surface area contributed by atoms with Crippen LogP contribution in [0, 0.1) is 0 Å². The van der Waals surface area contributed by atoms with Crippen LogP contribution in [-0.4, -0.2) is 27.3 Å². The van der Waals surface area contributed by atoms with Crippen LogP contribution < -0.4 is 10.6 Å². The summed E-state index contributed by atoms with van der Waals surface area (Å²) in [5, 5.41) is 20.4. The van der Waals surface area contributed by atoms with Gasteiger partial charge in [-0.3, -0.25) is 9.89 Å². The first-order valence-corrected chi connectivity index (χ1v) is 6.43. The van der Waals surface area contributed by atoms with Crippen molar-refractivity contribution in [1.29, 1.82) is 0 Å². The molecule has 0 fully saturated rings. The number of hydrogen-bond donors (Lipinski definition) is 4. The molecule has 0 saturated carbocycles. The van der Waals surface area contributed by atoms with Gasteiger partial charge in [0.05, 0.1) is 18.3 Å². The minimum absolute atomic E-state index is 0.0729. The molecule has 0 bridgehead atoms. The summed E-state index contributed by atoms with van der Waals surface area (Å²) in [5.41, 5.74) is 2.11. The highest BCUT2D eigenvalue weighted by Gasteiger charge is 2.10. The van der Waals surface area contributed by atoms with Crippen molar-refractivity contribution in [1.82, 2.24) is 10.2 Å². The number of hydrogen-bond acceptors (Lipinski definition) is 3. The Morgan fingerprint density at radius 1 is 1.24 bits per heavy atom. The lowest BCUT2D eigenvalue weighted by Gasteiger charge is -2.11. The van der Waals surface area contributed by atoms with Crippen LogP contribution in [-0.2, 0) is 4.79 Å². The van der Waals surface area contributed by atoms with Gasteiger partial charge >= 0.3 is 12.0 Å². The van der Waals surface area contributed by atoms with E-state index in [1.807, 2.05) is 6.92 Å². The summed E-state index contributed by atoms with van der Waals surface area (Å²) in [5.74, 6) is -0.902. The van der Waals surface area contributed by atoms with Gasteiger partial charge in [-0.2, -0.15) is 5.10 Å². The Hall–Kier alpha value is -2.83. The number of anilines is 2. The smallest absolute Gasteiger partial charge is 0.323 e. The van der Waals surface area contributed by atoms with Gasteiger partial charge in [0, 0.05) is 11.9 Å². The predicted molar refractivity (Wildman–Crippen MR) is 78.3 cm³/mol. The molecule has 0 spiro atoms. The van der Waals surface area contributed by atoms with Gasteiger partial charge in [-0.15, -0.1) is 0 Å². The van der Waals surface area contributed by atoms with E-state index in [1.54, 1.807) is 30.5 Å². The van der Waals surface area contributed by atoms with E-state index in [0.717, 1.165) is 5.56 Å². The van der Waals surface area contributed by atoms with Gasteiger partial charge in [-0.1, -0.05) is 19.1 Å². The Balaban J connectivity index is 1.92. The van der Waals surface area contributed by atoms with E-state index in [4.69, 9.17) is 5.11 Å². The van der Waals surface area contributed by atoms with Crippen LogP contribution in [0.5, 0.6) is 0 Å². The summed E-state index contributed by atoms with van der Waals surface area (Å²) < 4.78 is 0. The third-order valence-electron chi connectivity index (χ3n) is 2.97. The third kappa shape index (κ3) is 4.34. The maximum Gasteiger partial charge on any atom is 0.323 e. The van der Waals surface area contributed by atoms with Crippen molar-refractivity contribution in [2.75, 3.05) is 10.6 Å². The highest BCUT2D eigenvalue weighted by molar-refractivity contribution is 5.99. The normalized spacial score (nSPS) is 11.7. The predicted octanol–water partition coefficient (Wildman–Crippen LogP) is 2.63. The van der Waals surface area contributed by atoms with Crippen molar-refractivity contribution in [2.45, 2.75) is 19.3 Å². The molecular weight excluding hydrogens is 272 g/mol. The fourth-order valence-electron chi connectivity index (χ4n) is 1.89. The van der Waals surface area contributed by atoms with Gasteiger partial charge in [0.2, 0.25) is 0 Å². The number of carboxylic acids is 1. The van der Waals surface area contributed by atoms with Gasteiger partial charge in [0.15, 0.2) is 0 Å². The molecule has 0 aliphatic rings. The molecule has 110 valence electrons. The number of benzene rings is 1. The molecule has 1 atom stereocenters. The highest BCUT2D eigenvalue weighted by Crippen LogP contribution is 2.21. The van der Waals surface area contributed by atoms with E-state index in [0.29, 0.717) is 11.4 Å². The topological polar surface area (TPSA) is 107 Å². The van der Waals surface area contributed by atoms with Crippen molar-refractivity contribution >= 4 is 23.4 Å². The number of nitrogens with one attached hydrogen (secondary N) is 3. The van der Waals surface area contributed by atoms with Crippen molar-refractivity contribution in [2.24, 2.45) is 0 Å². The number of aromatic amines is 1. The summed E-state index contributed by atoms with van der Waals surface area (Å²) in [4.78, 5) is 22.4. The zero-order chi connectivity index (χ0) is 15.2. The van der Waals surface area contributed by atoms with Crippen LogP contribution in [0.3, 0.4) is 0 Å². The molecule has 0 saturated heterocycles. The van der Waals surface area contributed by atoms with E-state index in [-0.39, 0.29) is 18.4 Å². The number of aliphatic carboxylic acids is 1. The average Bonchev–Trinajstić information content (AvgIpc) is 2.91. The number of carbonyl (C=O) groups is 2. The molecule has 2 aromatic rings. The highest BCUT2D eigenvalue weighted by atomic mass is 16.4. The fraction of sp³-hybridized carbons (Fsp3) is 0.214. The Labute approximate surface area is 121 Å². The van der Waals surface area contributed by atoms with E-state index in [2.05, 4.69) is 20.8 Å². The summed E-state index contributed by atoms with van der Waals surface area (Å²) in [6.45, 7) is 1.85. The average molecular weight is 288 g/mol. The van der Waals surface area contributed by atoms with E-state index >= 15 is 0 Å². The first kappa shape index (κ1) is 14.6. The standard InChI is InChI=1S/C14H16N4O3/c1-9(6-13(19)20)10-2-4-11(5-3-10)17-14(21)18-12-7-15-16-8-12/h2-5,7-9H,6H2,1H3,(H,15,16)(H,19,20)(H2,17,18,21). The van der Waals surface area contributed by atoms with Crippen LogP contribution >= 0.6 is 0 Å². The Bertz CT molecular complexity index is 608. The summed E-state index contributed by atoms with van der Waals surface area (Å²) in [7, 11) is 0. The minimum Gasteiger partial charge on any atom is -0.481 e. The zero-order valence-electron chi connectivity index (χ0n) is 11.5. The molecule has 1 heterocycles. The van der Waals surface area contributed by atoms with Crippen molar-refractivity contribution < 1.29 is 14.7 Å². The number of urea groups is 1. The summed E-state index contributed by atoms with van der Waals surface area (Å²) >= 11 is 0. The maximum absolute atomic E-state index is 11.7. The minimum atomic E-state index is -0.829. The molecule has 0 aliphatic heterocycles. The van der Waals surface area contributed by atoms with Crippen LogP contribution in [0.4, 0.5) is 16.2 Å². The van der Waals surface area contributed by atoms with Crippen LogP contribution in [0.1, 0.15) is 24.8 Å². The number of nitrogens with zero attached hydrogens (tertiary/aromatic N) is 1. The second-order valence-corrected chi connectivity index (χ2v) is 4.69. The quantitative estimate of drug-likeness (QED) is 0.678. The lowest BCUT2D eigenvalue weighted by molar-refractivity contribution is -0.137. The van der Waals surface area contributed by atoms with E-state index in [1.165, 1.54) is 6.20 Å². The summed E-state index contributed by atoms with van der Waals surface area (Å²) in [6.07, 6.45) is 3.14. The molecule has 2 rings (SSSR count). The molecule has 7 nitrogen and oxygen atoms in total. The summed E-state index contributed by atoms with van der Waals surface area (Å²) in [6, 6.07) is 6.72. The van der Waals surface area contributed by atoms with Crippen molar-refractivity contribution in [3.8, 4) is 0 Å². The van der Waals surface area contributed by atoms with Crippen LogP contribution in [0.25, 0.3) is 0 Å². The van der Waals surface area contributed by atoms with Gasteiger partial charge in [0.1, 0.15) is 0 Å². The molecule has 1 unspecified atom stereocenters. The maximum atomic E-state index is 11.7. The molecular formula is C14H16N4O3. The molecule has 1 aromatic carbocycles. The SMILES string of the molecule is CC(CC(=O)O)c1ccc(NC(=O)Nc2cn[nH]c2)cc1. The molecule has 1 aromatic heterocycles. The second-order valence-electron chi connectivity index (χ2n) is 4.69. The molecule has 0 radical (unpaired) electrons. The first-order chi connectivity index (χ1) is 10.0. The Morgan fingerprint density at radius 2 is 1.90 bits per heavy atom. The fourth-order valence-corrected chi connectivity index (χ4v) is 1.89. The Morgan fingerprint density at radius 3 is 2.48 bits per heavy atom. The number of amides is 2. The number of carbonyl (C=O) groups excluding carboxylic acids is 1. The molecule has 4 N–H and O–H groups in total. The monoisotopic (exact) mass is 288 g/mol. The molecule has 21 heavy (non-hydrogen) atoms. The van der Waals surface area contributed by atoms with Gasteiger partial charge in [-0.05, 0) is 23.6 Å². The van der Waals surface area contributed by atoms with Crippen molar-refractivity contribution in [3.63, 3.8) is 0 Å². The third-order valence-corrected chi connectivity index (χ3v) is 2.97. The first-order valence-electron chi connectivity index (χ1n) is 6.43. The molecule has 2 amide bonds. The number of carboxylic acid groups (broad SMARTS) is 1.